The molecule has 1 aliphatic rings. The van der Waals surface area contributed by atoms with E-state index in [0.717, 1.165) is 24.2 Å². The van der Waals surface area contributed by atoms with Crippen LogP contribution in [0.5, 0.6) is 0 Å². The maximum absolute atomic E-state index is 5.78. The fourth-order valence-corrected chi connectivity index (χ4v) is 2.19. The number of hydrogen-bond acceptors (Lipinski definition) is 2. The molecule has 1 aliphatic heterocycles. The first-order valence-electron chi connectivity index (χ1n) is 5.25. The van der Waals surface area contributed by atoms with Crippen molar-refractivity contribution in [3.8, 4) is 11.3 Å². The van der Waals surface area contributed by atoms with Gasteiger partial charge in [-0.15, -0.1) is 0 Å². The molecule has 0 spiro atoms. The molecule has 0 saturated carbocycles. The summed E-state index contributed by atoms with van der Waals surface area (Å²) in [7, 11) is 0. The van der Waals surface area contributed by atoms with Gasteiger partial charge in [-0.3, -0.25) is 0 Å². The topological polar surface area (TPSA) is 43.8 Å². The Morgan fingerprint density at radius 3 is 3.13 bits per heavy atom. The maximum Gasteiger partial charge on any atom is 0.109 e. The van der Waals surface area contributed by atoms with Crippen molar-refractivity contribution in [2.45, 2.75) is 19.4 Å². The number of nitrogen functional groups attached to an aromatic ring is 1. The normalized spacial score (nSPS) is 14.1. The first-order chi connectivity index (χ1) is 7.34. The van der Waals surface area contributed by atoms with Gasteiger partial charge in [0.25, 0.3) is 0 Å². The SMILES string of the molecule is Nc1cccc(-c2cnc3n2CCC3)c1. The summed E-state index contributed by atoms with van der Waals surface area (Å²) in [6.07, 6.45) is 4.25. The molecule has 15 heavy (non-hydrogen) atoms. The molecule has 0 atom stereocenters. The molecule has 2 heterocycles. The van der Waals surface area contributed by atoms with Crippen LogP contribution in [-0.4, -0.2) is 9.55 Å². The zero-order valence-corrected chi connectivity index (χ0v) is 8.48. The van der Waals surface area contributed by atoms with Crippen LogP contribution in [0, 0.1) is 0 Å². The van der Waals surface area contributed by atoms with E-state index in [1.165, 1.54) is 17.9 Å². The summed E-state index contributed by atoms with van der Waals surface area (Å²) < 4.78 is 2.29. The minimum atomic E-state index is 0.807. The fourth-order valence-electron chi connectivity index (χ4n) is 2.19. The Labute approximate surface area is 88.6 Å². The lowest BCUT2D eigenvalue weighted by Gasteiger charge is -2.05. The lowest BCUT2D eigenvalue weighted by molar-refractivity contribution is 0.756. The highest BCUT2D eigenvalue weighted by atomic mass is 15.1. The van der Waals surface area contributed by atoms with Crippen LogP contribution in [0.2, 0.25) is 0 Å². The Balaban J connectivity index is 2.13. The number of fused-ring (bicyclic) bond motifs is 1. The summed E-state index contributed by atoms with van der Waals surface area (Å²) in [6, 6.07) is 7.98. The lowest BCUT2D eigenvalue weighted by Crippen LogP contribution is -1.95. The van der Waals surface area contributed by atoms with E-state index in [4.69, 9.17) is 5.73 Å². The number of aryl methyl sites for hydroxylation is 1. The summed E-state index contributed by atoms with van der Waals surface area (Å²) >= 11 is 0. The highest BCUT2D eigenvalue weighted by Gasteiger charge is 2.16. The van der Waals surface area contributed by atoms with Crippen LogP contribution in [0.3, 0.4) is 0 Å². The van der Waals surface area contributed by atoms with Crippen LogP contribution in [0.15, 0.2) is 30.5 Å². The van der Waals surface area contributed by atoms with Crippen molar-refractivity contribution in [3.63, 3.8) is 0 Å². The molecule has 2 aromatic rings. The van der Waals surface area contributed by atoms with E-state index in [2.05, 4.69) is 15.6 Å². The standard InChI is InChI=1S/C12H13N3/c13-10-4-1-3-9(7-10)11-8-14-12-5-2-6-15(11)12/h1,3-4,7-8H,2,5-6,13H2. The number of nitrogens with zero attached hydrogens (tertiary/aromatic N) is 2. The predicted octanol–water partition coefficient (Wildman–Crippen LogP) is 2.08. The van der Waals surface area contributed by atoms with Crippen LogP contribution >= 0.6 is 0 Å². The molecule has 0 saturated heterocycles. The van der Waals surface area contributed by atoms with Crippen molar-refractivity contribution >= 4 is 5.69 Å². The Kier molecular flexibility index (Phi) is 1.78. The maximum atomic E-state index is 5.78. The number of imidazole rings is 1. The van der Waals surface area contributed by atoms with Crippen molar-refractivity contribution in [2.75, 3.05) is 5.73 Å². The summed E-state index contributed by atoms with van der Waals surface area (Å²) in [4.78, 5) is 4.42. The largest absolute Gasteiger partial charge is 0.399 e. The van der Waals surface area contributed by atoms with E-state index >= 15 is 0 Å². The molecule has 0 fully saturated rings. The Hall–Kier alpha value is -1.77. The molecule has 3 rings (SSSR count). The molecule has 2 N–H and O–H groups in total. The van der Waals surface area contributed by atoms with Crippen LogP contribution in [0.25, 0.3) is 11.3 Å². The minimum absolute atomic E-state index is 0.807. The first-order valence-corrected chi connectivity index (χ1v) is 5.25. The van der Waals surface area contributed by atoms with E-state index in [1.807, 2.05) is 24.4 Å². The number of hydrogen-bond donors (Lipinski definition) is 1. The van der Waals surface area contributed by atoms with Gasteiger partial charge in [0.1, 0.15) is 5.82 Å². The predicted molar refractivity (Wildman–Crippen MR) is 60.4 cm³/mol. The van der Waals surface area contributed by atoms with E-state index in [1.54, 1.807) is 0 Å². The Morgan fingerprint density at radius 1 is 1.33 bits per heavy atom. The number of nitrogens with two attached hydrogens (primary N) is 1. The number of benzene rings is 1. The molecular weight excluding hydrogens is 186 g/mol. The van der Waals surface area contributed by atoms with E-state index in [9.17, 15) is 0 Å². The Morgan fingerprint density at radius 2 is 2.27 bits per heavy atom. The van der Waals surface area contributed by atoms with E-state index in [-0.39, 0.29) is 0 Å². The molecular formula is C12H13N3. The second kappa shape index (κ2) is 3.12. The second-order valence-electron chi connectivity index (χ2n) is 3.94. The van der Waals surface area contributed by atoms with Crippen molar-refractivity contribution in [3.05, 3.63) is 36.3 Å². The van der Waals surface area contributed by atoms with Gasteiger partial charge in [0.2, 0.25) is 0 Å². The number of rotatable bonds is 1. The van der Waals surface area contributed by atoms with Gasteiger partial charge in [-0.25, -0.2) is 4.98 Å². The van der Waals surface area contributed by atoms with Gasteiger partial charge in [-0.2, -0.15) is 0 Å². The van der Waals surface area contributed by atoms with E-state index < -0.39 is 0 Å². The zero-order chi connectivity index (χ0) is 10.3. The smallest absolute Gasteiger partial charge is 0.109 e. The third-order valence-electron chi connectivity index (χ3n) is 2.90. The van der Waals surface area contributed by atoms with Crippen molar-refractivity contribution < 1.29 is 0 Å². The molecule has 0 amide bonds. The zero-order valence-electron chi connectivity index (χ0n) is 8.48. The Bertz CT molecular complexity index is 499. The average molecular weight is 199 g/mol. The van der Waals surface area contributed by atoms with Gasteiger partial charge in [0, 0.05) is 24.2 Å². The monoisotopic (exact) mass is 199 g/mol. The lowest BCUT2D eigenvalue weighted by atomic mass is 10.1. The van der Waals surface area contributed by atoms with Crippen LogP contribution in [0.4, 0.5) is 5.69 Å². The number of aromatic nitrogens is 2. The first kappa shape index (κ1) is 8.53. The van der Waals surface area contributed by atoms with Crippen LogP contribution in [-0.2, 0) is 13.0 Å². The summed E-state index contributed by atoms with van der Waals surface area (Å²) in [5.41, 5.74) is 8.94. The summed E-state index contributed by atoms with van der Waals surface area (Å²) in [5.74, 6) is 1.20. The van der Waals surface area contributed by atoms with Crippen molar-refractivity contribution in [2.24, 2.45) is 0 Å². The van der Waals surface area contributed by atoms with Gasteiger partial charge in [0.05, 0.1) is 11.9 Å². The molecule has 0 bridgehead atoms. The number of anilines is 1. The van der Waals surface area contributed by atoms with Gasteiger partial charge in [-0.1, -0.05) is 12.1 Å². The minimum Gasteiger partial charge on any atom is -0.399 e. The van der Waals surface area contributed by atoms with Crippen LogP contribution in [0.1, 0.15) is 12.2 Å². The molecule has 0 unspecified atom stereocenters. The third kappa shape index (κ3) is 1.31. The quantitative estimate of drug-likeness (QED) is 0.714. The highest BCUT2D eigenvalue weighted by Crippen LogP contribution is 2.26. The van der Waals surface area contributed by atoms with Crippen molar-refractivity contribution in [1.29, 1.82) is 0 Å². The van der Waals surface area contributed by atoms with Crippen molar-refractivity contribution in [1.82, 2.24) is 9.55 Å². The van der Waals surface area contributed by atoms with Gasteiger partial charge in [0.15, 0.2) is 0 Å². The van der Waals surface area contributed by atoms with Gasteiger partial charge < -0.3 is 10.3 Å². The second-order valence-corrected chi connectivity index (χ2v) is 3.94. The molecule has 3 heteroatoms. The molecule has 0 radical (unpaired) electrons. The van der Waals surface area contributed by atoms with Gasteiger partial charge >= 0.3 is 0 Å². The molecule has 1 aromatic heterocycles. The molecule has 76 valence electrons. The molecule has 0 aliphatic carbocycles. The molecule has 3 nitrogen and oxygen atoms in total. The summed E-state index contributed by atoms with van der Waals surface area (Å²) in [6.45, 7) is 1.08. The summed E-state index contributed by atoms with van der Waals surface area (Å²) in [5, 5.41) is 0. The highest BCUT2D eigenvalue weighted by molar-refractivity contribution is 5.64. The van der Waals surface area contributed by atoms with Gasteiger partial charge in [-0.05, 0) is 18.6 Å². The van der Waals surface area contributed by atoms with Crippen LogP contribution < -0.4 is 5.73 Å². The molecule has 1 aromatic carbocycles. The average Bonchev–Trinajstić information content (AvgIpc) is 2.77. The third-order valence-corrected chi connectivity index (χ3v) is 2.90. The van der Waals surface area contributed by atoms with E-state index in [0.29, 0.717) is 0 Å². The fraction of sp³-hybridized carbons (Fsp3) is 0.250.